The van der Waals surface area contributed by atoms with Gasteiger partial charge in [-0.1, -0.05) is 18.2 Å². The highest BCUT2D eigenvalue weighted by Crippen LogP contribution is 2.17. The van der Waals surface area contributed by atoms with Crippen molar-refractivity contribution in [3.8, 4) is 5.75 Å². The maximum absolute atomic E-state index is 12.3. The van der Waals surface area contributed by atoms with Gasteiger partial charge >= 0.3 is 11.8 Å². The van der Waals surface area contributed by atoms with Gasteiger partial charge in [-0.15, -0.1) is 0 Å². The Labute approximate surface area is 170 Å². The van der Waals surface area contributed by atoms with Crippen LogP contribution in [0.3, 0.4) is 0 Å². The molecule has 2 amide bonds. The number of ether oxygens (including phenoxy) is 2. The van der Waals surface area contributed by atoms with Crippen molar-refractivity contribution in [1.82, 2.24) is 10.6 Å². The molecule has 1 saturated heterocycles. The van der Waals surface area contributed by atoms with Crippen molar-refractivity contribution in [2.75, 3.05) is 46.5 Å². The summed E-state index contributed by atoms with van der Waals surface area (Å²) >= 11 is 0. The van der Waals surface area contributed by atoms with E-state index in [2.05, 4.69) is 10.6 Å². The van der Waals surface area contributed by atoms with E-state index >= 15 is 0 Å². The molecular formula is C21H28N3O5+. The number of rotatable bonds is 8. The largest absolute Gasteiger partial charge is 0.496 e. The van der Waals surface area contributed by atoms with Gasteiger partial charge in [0.15, 0.2) is 11.8 Å². The summed E-state index contributed by atoms with van der Waals surface area (Å²) in [6.45, 7) is 3.66. The molecule has 8 nitrogen and oxygen atoms in total. The zero-order chi connectivity index (χ0) is 20.5. The Hall–Kier alpha value is -2.84. The average Bonchev–Trinajstić information content (AvgIpc) is 3.29. The van der Waals surface area contributed by atoms with Gasteiger partial charge in [0.25, 0.3) is 0 Å². The first-order valence-corrected chi connectivity index (χ1v) is 9.82. The van der Waals surface area contributed by atoms with Crippen LogP contribution in [0.25, 0.3) is 0 Å². The molecule has 8 heteroatoms. The number of methoxy groups -OCH3 is 1. The number of morpholine rings is 1. The lowest BCUT2D eigenvalue weighted by atomic mass is 10.1. The monoisotopic (exact) mass is 402 g/mol. The first-order valence-electron chi connectivity index (χ1n) is 9.82. The van der Waals surface area contributed by atoms with E-state index in [9.17, 15) is 9.59 Å². The van der Waals surface area contributed by atoms with Gasteiger partial charge < -0.3 is 29.4 Å². The molecular weight excluding hydrogens is 374 g/mol. The van der Waals surface area contributed by atoms with Crippen LogP contribution in [-0.4, -0.2) is 58.3 Å². The van der Waals surface area contributed by atoms with Gasteiger partial charge in [-0.3, -0.25) is 9.59 Å². The number of furan rings is 1. The van der Waals surface area contributed by atoms with E-state index in [0.29, 0.717) is 32.7 Å². The van der Waals surface area contributed by atoms with Crippen molar-refractivity contribution in [2.24, 2.45) is 0 Å². The summed E-state index contributed by atoms with van der Waals surface area (Å²) < 4.78 is 16.3. The van der Waals surface area contributed by atoms with Gasteiger partial charge in [0.2, 0.25) is 0 Å². The first-order chi connectivity index (χ1) is 14.2. The van der Waals surface area contributed by atoms with Gasteiger partial charge in [-0.2, -0.15) is 0 Å². The van der Waals surface area contributed by atoms with E-state index in [-0.39, 0.29) is 6.04 Å². The van der Waals surface area contributed by atoms with E-state index < -0.39 is 11.8 Å². The van der Waals surface area contributed by atoms with Gasteiger partial charge in [0, 0.05) is 6.54 Å². The lowest BCUT2D eigenvalue weighted by molar-refractivity contribution is -0.938. The maximum atomic E-state index is 12.3. The Morgan fingerprint density at radius 2 is 1.86 bits per heavy atom. The van der Waals surface area contributed by atoms with Gasteiger partial charge in [0.05, 0.1) is 33.1 Å². The van der Waals surface area contributed by atoms with Crippen LogP contribution < -0.4 is 20.3 Å². The lowest BCUT2D eigenvalue weighted by Gasteiger charge is -2.30. The maximum Gasteiger partial charge on any atom is 0.309 e. The summed E-state index contributed by atoms with van der Waals surface area (Å²) in [6.07, 6.45) is 2.20. The summed E-state index contributed by atoms with van der Waals surface area (Å²) in [5.74, 6) is 0.268. The third kappa shape index (κ3) is 5.82. The second kappa shape index (κ2) is 10.6. The van der Waals surface area contributed by atoms with Crippen molar-refractivity contribution in [3.63, 3.8) is 0 Å². The molecule has 0 saturated carbocycles. The van der Waals surface area contributed by atoms with Crippen LogP contribution in [-0.2, 0) is 20.7 Å². The van der Waals surface area contributed by atoms with Crippen LogP contribution in [0.4, 0.5) is 0 Å². The van der Waals surface area contributed by atoms with Crippen LogP contribution in [0.5, 0.6) is 5.75 Å². The van der Waals surface area contributed by atoms with E-state index in [0.717, 1.165) is 30.2 Å². The molecule has 0 bridgehead atoms. The lowest BCUT2D eigenvalue weighted by Crippen LogP contribution is -3.15. The highest BCUT2D eigenvalue weighted by atomic mass is 16.5. The Morgan fingerprint density at radius 3 is 2.59 bits per heavy atom. The standard InChI is InChI=1S/C21H27N3O5/c1-27-18-6-3-2-5-16(18)8-9-22-20(25)21(26)23-15-17(19-7-4-12-29-19)24-10-13-28-14-11-24/h2-7,12,17H,8-11,13-15H2,1H3,(H,22,25)(H,23,26)/p+1/t17-/m1/s1. The van der Waals surface area contributed by atoms with E-state index in [1.165, 1.54) is 4.90 Å². The van der Waals surface area contributed by atoms with Crippen LogP contribution in [0.15, 0.2) is 47.1 Å². The molecule has 1 atom stereocenters. The molecule has 0 radical (unpaired) electrons. The fourth-order valence-corrected chi connectivity index (χ4v) is 3.49. The number of amides is 2. The summed E-state index contributed by atoms with van der Waals surface area (Å²) in [7, 11) is 1.61. The molecule has 156 valence electrons. The highest BCUT2D eigenvalue weighted by Gasteiger charge is 2.29. The summed E-state index contributed by atoms with van der Waals surface area (Å²) in [5, 5.41) is 5.41. The normalized spacial score (nSPS) is 15.5. The SMILES string of the molecule is COc1ccccc1CCNC(=O)C(=O)NC[C@H](c1ccco1)[NH+]1CCOCC1. The molecule has 1 aromatic heterocycles. The topological polar surface area (TPSA) is 94.2 Å². The van der Waals surface area contributed by atoms with Gasteiger partial charge in [-0.25, -0.2) is 0 Å². The number of para-hydroxylation sites is 1. The van der Waals surface area contributed by atoms with Gasteiger partial charge in [0.1, 0.15) is 18.8 Å². The predicted octanol–water partition coefficient (Wildman–Crippen LogP) is -0.280. The van der Waals surface area contributed by atoms with Crippen molar-refractivity contribution >= 4 is 11.8 Å². The average molecular weight is 402 g/mol. The summed E-state index contributed by atoms with van der Waals surface area (Å²) in [6, 6.07) is 11.3. The molecule has 2 heterocycles. The Bertz CT molecular complexity index is 787. The van der Waals surface area contributed by atoms with Crippen LogP contribution >= 0.6 is 0 Å². The minimum atomic E-state index is -0.644. The van der Waals surface area contributed by atoms with Crippen LogP contribution in [0.2, 0.25) is 0 Å². The number of hydrogen-bond donors (Lipinski definition) is 3. The molecule has 1 aliphatic rings. The number of carbonyl (C=O) groups excluding carboxylic acids is 2. The second-order valence-corrected chi connectivity index (χ2v) is 6.87. The third-order valence-corrected chi connectivity index (χ3v) is 5.06. The molecule has 29 heavy (non-hydrogen) atoms. The molecule has 0 aliphatic carbocycles. The zero-order valence-electron chi connectivity index (χ0n) is 16.6. The van der Waals surface area contributed by atoms with Crippen molar-refractivity contribution in [3.05, 3.63) is 54.0 Å². The minimum absolute atomic E-state index is 0.0563. The second-order valence-electron chi connectivity index (χ2n) is 6.87. The first kappa shape index (κ1) is 20.9. The predicted molar refractivity (Wildman–Crippen MR) is 106 cm³/mol. The van der Waals surface area contributed by atoms with Gasteiger partial charge in [-0.05, 0) is 30.2 Å². The van der Waals surface area contributed by atoms with Crippen LogP contribution in [0, 0.1) is 0 Å². The smallest absolute Gasteiger partial charge is 0.309 e. The molecule has 3 N–H and O–H groups in total. The molecule has 1 aliphatic heterocycles. The fraction of sp³-hybridized carbons (Fsp3) is 0.429. The number of quaternary nitrogens is 1. The van der Waals surface area contributed by atoms with E-state index in [1.54, 1.807) is 13.4 Å². The Kier molecular flexibility index (Phi) is 7.66. The number of hydrogen-bond acceptors (Lipinski definition) is 5. The van der Waals surface area contributed by atoms with E-state index in [4.69, 9.17) is 13.9 Å². The minimum Gasteiger partial charge on any atom is -0.496 e. The molecule has 3 rings (SSSR count). The zero-order valence-corrected chi connectivity index (χ0v) is 16.6. The third-order valence-electron chi connectivity index (χ3n) is 5.06. The van der Waals surface area contributed by atoms with Crippen molar-refractivity contribution in [2.45, 2.75) is 12.5 Å². The van der Waals surface area contributed by atoms with Crippen molar-refractivity contribution in [1.29, 1.82) is 0 Å². The van der Waals surface area contributed by atoms with E-state index in [1.807, 2.05) is 36.4 Å². The quantitative estimate of drug-likeness (QED) is 0.528. The number of carbonyl (C=O) groups is 2. The number of nitrogens with one attached hydrogen (secondary N) is 3. The van der Waals surface area contributed by atoms with Crippen LogP contribution in [0.1, 0.15) is 17.4 Å². The molecule has 0 spiro atoms. The van der Waals surface area contributed by atoms with Crippen molar-refractivity contribution < 1.29 is 28.4 Å². The Morgan fingerprint density at radius 1 is 1.10 bits per heavy atom. The molecule has 1 fully saturated rings. The summed E-state index contributed by atoms with van der Waals surface area (Å²) in [4.78, 5) is 25.7. The fourth-order valence-electron chi connectivity index (χ4n) is 3.49. The number of benzene rings is 1. The molecule has 0 unspecified atom stereocenters. The molecule has 2 aromatic rings. The summed E-state index contributed by atoms with van der Waals surface area (Å²) in [5.41, 5.74) is 0.976. The Balaban J connectivity index is 1.48. The highest BCUT2D eigenvalue weighted by molar-refractivity contribution is 6.35. The molecule has 1 aromatic carbocycles.